The molecule has 90 valence electrons. The highest BCUT2D eigenvalue weighted by Crippen LogP contribution is 2.26. The van der Waals surface area contributed by atoms with Crippen LogP contribution in [0.3, 0.4) is 0 Å². The van der Waals surface area contributed by atoms with Crippen LogP contribution in [0.2, 0.25) is 5.22 Å². The standard InChI is InChI=1S/C13H15ClN2O/c1-9-2-4-10(5-3-9)8-12(16-15)11-6-7-17-13(11)14/h2-7,12,16H,8,15H2,1H3. The van der Waals surface area contributed by atoms with Crippen molar-refractivity contribution in [1.82, 2.24) is 5.43 Å². The molecule has 0 bridgehead atoms. The van der Waals surface area contributed by atoms with Gasteiger partial charge in [-0.05, 0) is 36.6 Å². The number of nitrogens with two attached hydrogens (primary N) is 1. The molecule has 0 aliphatic carbocycles. The van der Waals surface area contributed by atoms with Gasteiger partial charge in [0.15, 0.2) is 5.22 Å². The second-order valence-electron chi connectivity index (χ2n) is 4.06. The fraction of sp³-hybridized carbons (Fsp3) is 0.231. The summed E-state index contributed by atoms with van der Waals surface area (Å²) in [4.78, 5) is 0. The highest BCUT2D eigenvalue weighted by atomic mass is 35.5. The van der Waals surface area contributed by atoms with Crippen molar-refractivity contribution in [2.45, 2.75) is 19.4 Å². The molecular weight excluding hydrogens is 236 g/mol. The molecule has 0 spiro atoms. The molecule has 1 heterocycles. The number of nitrogens with one attached hydrogen (secondary N) is 1. The van der Waals surface area contributed by atoms with Crippen molar-refractivity contribution >= 4 is 11.6 Å². The van der Waals surface area contributed by atoms with Crippen molar-refractivity contribution in [2.24, 2.45) is 5.84 Å². The highest BCUT2D eigenvalue weighted by molar-refractivity contribution is 6.29. The number of hydrogen-bond donors (Lipinski definition) is 2. The van der Waals surface area contributed by atoms with Gasteiger partial charge in [-0.1, -0.05) is 29.8 Å². The van der Waals surface area contributed by atoms with Gasteiger partial charge >= 0.3 is 0 Å². The molecule has 2 aromatic rings. The van der Waals surface area contributed by atoms with E-state index in [1.54, 1.807) is 6.26 Å². The highest BCUT2D eigenvalue weighted by Gasteiger charge is 2.15. The molecule has 2 rings (SSSR count). The van der Waals surface area contributed by atoms with Gasteiger partial charge in [0, 0.05) is 5.56 Å². The number of furan rings is 1. The van der Waals surface area contributed by atoms with Gasteiger partial charge in [-0.3, -0.25) is 11.3 Å². The third-order valence-corrected chi connectivity index (χ3v) is 3.09. The zero-order valence-electron chi connectivity index (χ0n) is 9.61. The summed E-state index contributed by atoms with van der Waals surface area (Å²) in [6, 6.07) is 10.1. The first kappa shape index (κ1) is 12.2. The second kappa shape index (κ2) is 5.36. The van der Waals surface area contributed by atoms with E-state index < -0.39 is 0 Å². The van der Waals surface area contributed by atoms with Gasteiger partial charge in [0.05, 0.1) is 12.3 Å². The maximum atomic E-state index is 5.94. The number of halogens is 1. The second-order valence-corrected chi connectivity index (χ2v) is 4.40. The summed E-state index contributed by atoms with van der Waals surface area (Å²) in [6.45, 7) is 2.06. The minimum Gasteiger partial charge on any atom is -0.453 e. The van der Waals surface area contributed by atoms with E-state index in [-0.39, 0.29) is 6.04 Å². The molecule has 0 saturated heterocycles. The molecule has 1 unspecified atom stereocenters. The Kier molecular flexibility index (Phi) is 3.84. The molecular formula is C13H15ClN2O. The van der Waals surface area contributed by atoms with Crippen molar-refractivity contribution < 1.29 is 4.42 Å². The summed E-state index contributed by atoms with van der Waals surface area (Å²) >= 11 is 5.94. The molecule has 1 atom stereocenters. The van der Waals surface area contributed by atoms with Gasteiger partial charge in [-0.2, -0.15) is 0 Å². The SMILES string of the molecule is Cc1ccc(CC(NN)c2ccoc2Cl)cc1. The van der Waals surface area contributed by atoms with Gasteiger partial charge in [0.2, 0.25) is 0 Å². The number of aryl methyl sites for hydroxylation is 1. The summed E-state index contributed by atoms with van der Waals surface area (Å²) in [5.74, 6) is 5.56. The summed E-state index contributed by atoms with van der Waals surface area (Å²) in [5.41, 5.74) is 6.10. The van der Waals surface area contributed by atoms with E-state index in [0.717, 1.165) is 12.0 Å². The quantitative estimate of drug-likeness (QED) is 0.648. The van der Waals surface area contributed by atoms with Crippen LogP contribution in [0.5, 0.6) is 0 Å². The number of rotatable bonds is 4. The van der Waals surface area contributed by atoms with Crippen LogP contribution in [0.25, 0.3) is 0 Å². The Bertz CT molecular complexity index is 478. The van der Waals surface area contributed by atoms with Crippen LogP contribution in [0, 0.1) is 6.92 Å². The summed E-state index contributed by atoms with van der Waals surface area (Å²) in [7, 11) is 0. The van der Waals surface area contributed by atoms with E-state index in [1.165, 1.54) is 11.1 Å². The fourth-order valence-corrected chi connectivity index (χ4v) is 2.02. The third kappa shape index (κ3) is 2.88. The Morgan fingerprint density at radius 3 is 2.53 bits per heavy atom. The van der Waals surface area contributed by atoms with E-state index in [4.69, 9.17) is 21.9 Å². The minimum absolute atomic E-state index is 0.0380. The fourth-order valence-electron chi connectivity index (χ4n) is 1.77. The molecule has 3 N–H and O–H groups in total. The van der Waals surface area contributed by atoms with Gasteiger partial charge in [-0.15, -0.1) is 0 Å². The molecule has 0 aliphatic rings. The topological polar surface area (TPSA) is 51.2 Å². The van der Waals surface area contributed by atoms with E-state index in [2.05, 4.69) is 36.6 Å². The molecule has 0 fully saturated rings. The molecule has 0 saturated carbocycles. The van der Waals surface area contributed by atoms with E-state index in [1.807, 2.05) is 6.07 Å². The Labute approximate surface area is 106 Å². The Morgan fingerprint density at radius 1 is 1.29 bits per heavy atom. The van der Waals surface area contributed by atoms with Crippen LogP contribution < -0.4 is 11.3 Å². The lowest BCUT2D eigenvalue weighted by molar-refractivity contribution is 0.527. The zero-order chi connectivity index (χ0) is 12.3. The van der Waals surface area contributed by atoms with E-state index >= 15 is 0 Å². The molecule has 1 aromatic heterocycles. The molecule has 17 heavy (non-hydrogen) atoms. The van der Waals surface area contributed by atoms with E-state index in [0.29, 0.717) is 5.22 Å². The monoisotopic (exact) mass is 250 g/mol. The van der Waals surface area contributed by atoms with Crippen molar-refractivity contribution in [3.8, 4) is 0 Å². The van der Waals surface area contributed by atoms with Crippen LogP contribution in [0.4, 0.5) is 0 Å². The average molecular weight is 251 g/mol. The Hall–Kier alpha value is -1.29. The van der Waals surface area contributed by atoms with Crippen LogP contribution in [0.1, 0.15) is 22.7 Å². The van der Waals surface area contributed by atoms with Crippen LogP contribution in [0.15, 0.2) is 41.0 Å². The summed E-state index contributed by atoms with van der Waals surface area (Å²) in [5, 5.41) is 0.389. The zero-order valence-corrected chi connectivity index (χ0v) is 10.4. The number of hydrogen-bond acceptors (Lipinski definition) is 3. The maximum Gasteiger partial charge on any atom is 0.197 e. The lowest BCUT2D eigenvalue weighted by atomic mass is 10.0. The van der Waals surface area contributed by atoms with Gasteiger partial charge in [-0.25, -0.2) is 0 Å². The third-order valence-electron chi connectivity index (χ3n) is 2.78. The Morgan fingerprint density at radius 2 is 2.00 bits per heavy atom. The lowest BCUT2D eigenvalue weighted by Crippen LogP contribution is -2.29. The van der Waals surface area contributed by atoms with Crippen LogP contribution in [-0.4, -0.2) is 0 Å². The molecule has 0 radical (unpaired) electrons. The first-order chi connectivity index (χ1) is 8.20. The molecule has 0 aliphatic heterocycles. The Balaban J connectivity index is 2.16. The van der Waals surface area contributed by atoms with Gasteiger partial charge in [0.25, 0.3) is 0 Å². The van der Waals surface area contributed by atoms with E-state index in [9.17, 15) is 0 Å². The predicted molar refractivity (Wildman–Crippen MR) is 68.7 cm³/mol. The summed E-state index contributed by atoms with van der Waals surface area (Å²) in [6.07, 6.45) is 2.34. The number of benzene rings is 1. The van der Waals surface area contributed by atoms with Crippen molar-refractivity contribution in [1.29, 1.82) is 0 Å². The van der Waals surface area contributed by atoms with Crippen molar-refractivity contribution in [3.05, 3.63) is 58.5 Å². The minimum atomic E-state index is -0.0380. The molecule has 3 nitrogen and oxygen atoms in total. The van der Waals surface area contributed by atoms with Gasteiger partial charge in [0.1, 0.15) is 0 Å². The molecule has 1 aromatic carbocycles. The summed E-state index contributed by atoms with van der Waals surface area (Å²) < 4.78 is 5.07. The average Bonchev–Trinajstić information content (AvgIpc) is 2.75. The smallest absolute Gasteiger partial charge is 0.197 e. The van der Waals surface area contributed by atoms with Crippen LogP contribution >= 0.6 is 11.6 Å². The maximum absolute atomic E-state index is 5.94. The normalized spacial score (nSPS) is 12.6. The van der Waals surface area contributed by atoms with Gasteiger partial charge < -0.3 is 4.42 Å². The first-order valence-electron chi connectivity index (χ1n) is 5.45. The van der Waals surface area contributed by atoms with Crippen molar-refractivity contribution in [3.63, 3.8) is 0 Å². The number of hydrazine groups is 1. The predicted octanol–water partition coefficient (Wildman–Crippen LogP) is 2.99. The van der Waals surface area contributed by atoms with Crippen LogP contribution in [-0.2, 0) is 6.42 Å². The first-order valence-corrected chi connectivity index (χ1v) is 5.83. The molecule has 4 heteroatoms. The van der Waals surface area contributed by atoms with Crippen molar-refractivity contribution in [2.75, 3.05) is 0 Å². The lowest BCUT2D eigenvalue weighted by Gasteiger charge is -2.14. The largest absolute Gasteiger partial charge is 0.453 e. The molecule has 0 amide bonds.